The first kappa shape index (κ1) is 18.6. The molecule has 1 aromatic carbocycles. The number of thiophene rings is 1. The lowest BCUT2D eigenvalue weighted by Crippen LogP contribution is -1.99. The van der Waals surface area contributed by atoms with Crippen LogP contribution in [-0.2, 0) is 12.8 Å². The van der Waals surface area contributed by atoms with E-state index in [0.717, 1.165) is 31.2 Å². The van der Waals surface area contributed by atoms with Crippen LogP contribution in [0.15, 0.2) is 28.1 Å². The molecule has 0 unspecified atom stereocenters. The van der Waals surface area contributed by atoms with Crippen LogP contribution in [0.4, 0.5) is 10.7 Å². The van der Waals surface area contributed by atoms with Crippen molar-refractivity contribution >= 4 is 40.0 Å². The van der Waals surface area contributed by atoms with Crippen LogP contribution < -0.4 is 0 Å². The first-order valence-electron chi connectivity index (χ1n) is 8.25. The molecule has 134 valence electrons. The molecule has 0 bridgehead atoms. The van der Waals surface area contributed by atoms with Gasteiger partial charge in [-0.15, -0.1) is 23.1 Å². The molecule has 0 fully saturated rings. The fourth-order valence-electron chi connectivity index (χ4n) is 2.93. The van der Waals surface area contributed by atoms with Crippen molar-refractivity contribution in [3.63, 3.8) is 0 Å². The average molecular weight is 387 g/mol. The van der Waals surface area contributed by atoms with Gasteiger partial charge >= 0.3 is 0 Å². The van der Waals surface area contributed by atoms with Gasteiger partial charge in [-0.05, 0) is 42.9 Å². The van der Waals surface area contributed by atoms with Gasteiger partial charge in [-0.25, -0.2) is 4.99 Å². The maximum atomic E-state index is 11.3. The number of fused-ring (bicyclic) bond motifs is 1. The molecule has 3 rings (SSSR count). The summed E-state index contributed by atoms with van der Waals surface area (Å²) in [6, 6.07) is 7.17. The molecule has 1 aromatic heterocycles. The minimum atomic E-state index is -0.429. The standard InChI is InChI=1S/C18H17N3O3S2/c19-10-14-13-3-1-2-4-16(13)26-18(14)20-11-12-5-6-17(25-8-7-22)15(9-12)21(23)24/h5-6,9,11,22H,1-4,7-8H2/b20-11+. The Morgan fingerprint density at radius 2 is 2.23 bits per heavy atom. The minimum absolute atomic E-state index is 0.00150. The minimum Gasteiger partial charge on any atom is -0.396 e. The zero-order chi connectivity index (χ0) is 18.5. The fraction of sp³-hybridized carbons (Fsp3) is 0.333. The topological polar surface area (TPSA) is 99.5 Å². The van der Waals surface area contributed by atoms with Crippen LogP contribution in [-0.4, -0.2) is 28.6 Å². The summed E-state index contributed by atoms with van der Waals surface area (Å²) in [5.74, 6) is 0.403. The van der Waals surface area contributed by atoms with E-state index in [-0.39, 0.29) is 12.3 Å². The van der Waals surface area contributed by atoms with Crippen molar-refractivity contribution in [1.82, 2.24) is 0 Å². The third-order valence-electron chi connectivity index (χ3n) is 4.12. The number of nitriles is 1. The molecule has 1 aliphatic rings. The Morgan fingerprint density at radius 1 is 1.42 bits per heavy atom. The molecule has 0 aliphatic heterocycles. The molecular weight excluding hydrogens is 370 g/mol. The first-order chi connectivity index (χ1) is 12.6. The van der Waals surface area contributed by atoms with Gasteiger partial charge in [-0.2, -0.15) is 5.26 Å². The number of nitro benzene ring substituents is 1. The summed E-state index contributed by atoms with van der Waals surface area (Å²) in [7, 11) is 0. The number of rotatable bonds is 6. The van der Waals surface area contributed by atoms with E-state index in [1.54, 1.807) is 29.7 Å². The Bertz CT molecular complexity index is 900. The number of aryl methyl sites for hydroxylation is 1. The molecule has 0 amide bonds. The first-order valence-corrected chi connectivity index (χ1v) is 10.0. The summed E-state index contributed by atoms with van der Waals surface area (Å²) in [6.45, 7) is -0.0367. The fourth-order valence-corrected chi connectivity index (χ4v) is 4.87. The third kappa shape index (κ3) is 3.96. The monoisotopic (exact) mass is 387 g/mol. The highest BCUT2D eigenvalue weighted by molar-refractivity contribution is 7.99. The number of benzene rings is 1. The van der Waals surface area contributed by atoms with Gasteiger partial charge < -0.3 is 5.11 Å². The molecule has 8 heteroatoms. The maximum Gasteiger partial charge on any atom is 0.283 e. The van der Waals surface area contributed by atoms with Crippen LogP contribution in [0.25, 0.3) is 0 Å². The lowest BCUT2D eigenvalue weighted by atomic mass is 9.96. The lowest BCUT2D eigenvalue weighted by molar-refractivity contribution is -0.387. The zero-order valence-corrected chi connectivity index (χ0v) is 15.6. The molecular formula is C18H17N3O3S2. The Morgan fingerprint density at radius 3 is 2.96 bits per heavy atom. The number of aliphatic hydroxyl groups excluding tert-OH is 1. The van der Waals surface area contributed by atoms with Crippen molar-refractivity contribution in [3.05, 3.63) is 49.9 Å². The predicted octanol–water partition coefficient (Wildman–Crippen LogP) is 4.24. The summed E-state index contributed by atoms with van der Waals surface area (Å²) in [5, 5.41) is 30.3. The molecule has 6 nitrogen and oxygen atoms in total. The summed E-state index contributed by atoms with van der Waals surface area (Å²) in [6.07, 6.45) is 5.73. The summed E-state index contributed by atoms with van der Waals surface area (Å²) < 4.78 is 0. The van der Waals surface area contributed by atoms with Crippen molar-refractivity contribution in [2.75, 3.05) is 12.4 Å². The largest absolute Gasteiger partial charge is 0.396 e. The van der Waals surface area contributed by atoms with E-state index in [1.807, 2.05) is 0 Å². The maximum absolute atomic E-state index is 11.3. The molecule has 2 aromatic rings. The second kappa shape index (κ2) is 8.45. The van der Waals surface area contributed by atoms with E-state index in [1.165, 1.54) is 22.7 Å². The number of nitrogens with zero attached hydrogens (tertiary/aromatic N) is 3. The van der Waals surface area contributed by atoms with Crippen molar-refractivity contribution in [1.29, 1.82) is 5.26 Å². The number of hydrogen-bond acceptors (Lipinski definition) is 7. The van der Waals surface area contributed by atoms with E-state index in [2.05, 4.69) is 11.1 Å². The molecule has 0 atom stereocenters. The van der Waals surface area contributed by atoms with Gasteiger partial charge in [0.2, 0.25) is 0 Å². The summed E-state index contributed by atoms with van der Waals surface area (Å²) in [5.41, 5.74) is 2.38. The van der Waals surface area contributed by atoms with Crippen LogP contribution in [0, 0.1) is 21.4 Å². The normalized spacial score (nSPS) is 13.5. The number of aliphatic imine (C=N–C) groups is 1. The quantitative estimate of drug-likeness (QED) is 0.346. The van der Waals surface area contributed by atoms with Gasteiger partial charge in [0.25, 0.3) is 5.69 Å². The lowest BCUT2D eigenvalue weighted by Gasteiger charge is -2.09. The molecule has 1 N–H and O–H groups in total. The SMILES string of the molecule is N#Cc1c(/N=C/c2ccc(SCCO)c([N+](=O)[O-])c2)sc2c1CCCC2. The molecule has 0 saturated carbocycles. The summed E-state index contributed by atoms with van der Waals surface area (Å²) >= 11 is 2.79. The molecule has 0 spiro atoms. The zero-order valence-electron chi connectivity index (χ0n) is 14.0. The second-order valence-corrected chi connectivity index (χ2v) is 8.04. The summed E-state index contributed by atoms with van der Waals surface area (Å²) in [4.78, 5) is 17.1. The van der Waals surface area contributed by atoms with Crippen LogP contribution in [0.2, 0.25) is 0 Å². The van der Waals surface area contributed by atoms with Gasteiger partial charge in [0.05, 0.1) is 22.0 Å². The second-order valence-electron chi connectivity index (χ2n) is 5.82. The van der Waals surface area contributed by atoms with E-state index in [0.29, 0.717) is 26.8 Å². The predicted molar refractivity (Wildman–Crippen MR) is 104 cm³/mol. The van der Waals surface area contributed by atoms with Gasteiger partial charge in [0, 0.05) is 22.9 Å². The smallest absolute Gasteiger partial charge is 0.283 e. The molecule has 1 aliphatic carbocycles. The highest BCUT2D eigenvalue weighted by Gasteiger charge is 2.20. The number of nitro groups is 1. The Kier molecular flexibility index (Phi) is 6.04. The van der Waals surface area contributed by atoms with Crippen molar-refractivity contribution in [3.8, 4) is 6.07 Å². The van der Waals surface area contributed by atoms with Gasteiger partial charge in [-0.3, -0.25) is 10.1 Å². The van der Waals surface area contributed by atoms with Crippen LogP contribution in [0.1, 0.15) is 34.4 Å². The molecule has 1 heterocycles. The van der Waals surface area contributed by atoms with Crippen molar-refractivity contribution < 1.29 is 10.0 Å². The van der Waals surface area contributed by atoms with Crippen molar-refractivity contribution in [2.24, 2.45) is 4.99 Å². The van der Waals surface area contributed by atoms with E-state index < -0.39 is 4.92 Å². The van der Waals surface area contributed by atoms with Gasteiger partial charge in [0.15, 0.2) is 0 Å². The molecule has 0 radical (unpaired) electrons. The average Bonchev–Trinajstić information content (AvgIpc) is 3.02. The van der Waals surface area contributed by atoms with E-state index in [4.69, 9.17) is 5.11 Å². The van der Waals surface area contributed by atoms with E-state index in [9.17, 15) is 15.4 Å². The number of aliphatic hydroxyl groups is 1. The van der Waals surface area contributed by atoms with E-state index >= 15 is 0 Å². The Labute approximate surface area is 159 Å². The molecule has 0 saturated heterocycles. The number of hydrogen-bond donors (Lipinski definition) is 1. The van der Waals surface area contributed by atoms with Gasteiger partial charge in [-0.1, -0.05) is 6.07 Å². The van der Waals surface area contributed by atoms with Crippen LogP contribution in [0.3, 0.4) is 0 Å². The van der Waals surface area contributed by atoms with Crippen LogP contribution >= 0.6 is 23.1 Å². The number of thioether (sulfide) groups is 1. The highest BCUT2D eigenvalue weighted by Crippen LogP contribution is 2.39. The van der Waals surface area contributed by atoms with Crippen LogP contribution in [0.5, 0.6) is 0 Å². The third-order valence-corrected chi connectivity index (χ3v) is 6.37. The molecule has 26 heavy (non-hydrogen) atoms. The van der Waals surface area contributed by atoms with Crippen molar-refractivity contribution in [2.45, 2.75) is 30.6 Å². The van der Waals surface area contributed by atoms with Gasteiger partial charge in [0.1, 0.15) is 11.1 Å². The Hall–Kier alpha value is -2.21. The Balaban J connectivity index is 1.89. The highest BCUT2D eigenvalue weighted by atomic mass is 32.2.